The van der Waals surface area contributed by atoms with E-state index in [0.29, 0.717) is 0 Å². The maximum absolute atomic E-state index is 4.34. The van der Waals surface area contributed by atoms with Gasteiger partial charge in [0.15, 0.2) is 0 Å². The van der Waals surface area contributed by atoms with E-state index >= 15 is 0 Å². The fraction of sp³-hybridized carbons (Fsp3) is 0.438. The number of aliphatic imine (C=N–C) groups is 1. The van der Waals surface area contributed by atoms with Crippen LogP contribution in [0.25, 0.3) is 0 Å². The third kappa shape index (κ3) is 5.48. The first kappa shape index (κ1) is 13.7. The van der Waals surface area contributed by atoms with Crippen LogP contribution in [0, 0.1) is 0 Å². The van der Waals surface area contributed by atoms with Crippen LogP contribution in [0.4, 0.5) is 0 Å². The van der Waals surface area contributed by atoms with Gasteiger partial charge in [-0.1, -0.05) is 24.3 Å². The zero-order chi connectivity index (χ0) is 12.5. The molecule has 0 atom stereocenters. The third-order valence-corrected chi connectivity index (χ3v) is 2.84. The highest BCUT2D eigenvalue weighted by Crippen LogP contribution is 2.20. The molecule has 1 aliphatic rings. The number of nitrogens with zero attached hydrogens (tertiary/aromatic N) is 1. The fourth-order valence-electron chi connectivity index (χ4n) is 1.93. The molecule has 0 aromatic heterocycles. The van der Waals surface area contributed by atoms with Crippen LogP contribution in [0.1, 0.15) is 46.5 Å². The Morgan fingerprint density at radius 3 is 2.88 bits per heavy atom. The molecular formula is C16H23N. The van der Waals surface area contributed by atoms with Crippen LogP contribution >= 0.6 is 0 Å². The van der Waals surface area contributed by atoms with Gasteiger partial charge in [0, 0.05) is 11.9 Å². The molecule has 1 rings (SSSR count). The van der Waals surface area contributed by atoms with Gasteiger partial charge in [-0.3, -0.25) is 4.99 Å². The first-order valence-corrected chi connectivity index (χ1v) is 6.42. The Morgan fingerprint density at radius 1 is 1.29 bits per heavy atom. The van der Waals surface area contributed by atoms with Crippen LogP contribution in [-0.4, -0.2) is 5.71 Å². The minimum atomic E-state index is 1.06. The average molecular weight is 229 g/mol. The van der Waals surface area contributed by atoms with Crippen LogP contribution < -0.4 is 0 Å². The van der Waals surface area contributed by atoms with E-state index in [1.54, 1.807) is 0 Å². The molecule has 1 nitrogen and oxygen atoms in total. The van der Waals surface area contributed by atoms with Gasteiger partial charge < -0.3 is 0 Å². The van der Waals surface area contributed by atoms with Crippen LogP contribution in [0.5, 0.6) is 0 Å². The van der Waals surface area contributed by atoms with Gasteiger partial charge in [-0.2, -0.15) is 0 Å². The Balaban J connectivity index is 2.76. The summed E-state index contributed by atoms with van der Waals surface area (Å²) < 4.78 is 0. The van der Waals surface area contributed by atoms with Gasteiger partial charge in [0.1, 0.15) is 0 Å². The van der Waals surface area contributed by atoms with Crippen molar-refractivity contribution < 1.29 is 0 Å². The van der Waals surface area contributed by atoms with Crippen LogP contribution in [-0.2, 0) is 0 Å². The van der Waals surface area contributed by atoms with Crippen molar-refractivity contribution in [3.05, 3.63) is 47.7 Å². The Labute approximate surface area is 105 Å². The molecule has 1 aliphatic carbocycles. The van der Waals surface area contributed by atoms with E-state index in [9.17, 15) is 0 Å². The zero-order valence-electron chi connectivity index (χ0n) is 11.2. The van der Waals surface area contributed by atoms with E-state index in [2.05, 4.69) is 36.2 Å². The molecule has 17 heavy (non-hydrogen) atoms. The highest BCUT2D eigenvalue weighted by atomic mass is 14.7. The predicted molar refractivity (Wildman–Crippen MR) is 77.4 cm³/mol. The predicted octanol–water partition coefficient (Wildman–Crippen LogP) is 4.98. The van der Waals surface area contributed by atoms with Gasteiger partial charge in [0.05, 0.1) is 0 Å². The minimum absolute atomic E-state index is 1.06. The van der Waals surface area contributed by atoms with E-state index in [1.807, 2.05) is 26.1 Å². The summed E-state index contributed by atoms with van der Waals surface area (Å²) in [6.45, 7) is 6.22. The number of hydrogen-bond donors (Lipinski definition) is 0. The zero-order valence-corrected chi connectivity index (χ0v) is 11.2. The molecule has 0 saturated carbocycles. The summed E-state index contributed by atoms with van der Waals surface area (Å²) in [5.41, 5.74) is 3.90. The molecule has 1 heteroatoms. The number of rotatable bonds is 3. The van der Waals surface area contributed by atoms with Crippen molar-refractivity contribution in [1.82, 2.24) is 0 Å². The summed E-state index contributed by atoms with van der Waals surface area (Å²) in [6.07, 6.45) is 17.5. The highest BCUT2D eigenvalue weighted by Gasteiger charge is 2.01. The minimum Gasteiger partial charge on any atom is -0.262 e. The van der Waals surface area contributed by atoms with E-state index in [-0.39, 0.29) is 0 Å². The van der Waals surface area contributed by atoms with Gasteiger partial charge in [-0.15, -0.1) is 0 Å². The topological polar surface area (TPSA) is 12.4 Å². The van der Waals surface area contributed by atoms with Gasteiger partial charge in [-0.25, -0.2) is 0 Å². The molecule has 0 saturated heterocycles. The quantitative estimate of drug-likeness (QED) is 0.478. The van der Waals surface area contributed by atoms with Crippen molar-refractivity contribution in [3.8, 4) is 0 Å². The lowest BCUT2D eigenvalue weighted by Crippen LogP contribution is -1.93. The first-order valence-electron chi connectivity index (χ1n) is 6.42. The second-order valence-electron chi connectivity index (χ2n) is 4.41. The molecule has 0 unspecified atom stereocenters. The average Bonchev–Trinajstić information content (AvgIpc) is 2.25. The fourth-order valence-corrected chi connectivity index (χ4v) is 1.93. The molecule has 0 fully saturated rings. The van der Waals surface area contributed by atoms with E-state index < -0.39 is 0 Å². The summed E-state index contributed by atoms with van der Waals surface area (Å²) in [6, 6.07) is 0. The Morgan fingerprint density at radius 2 is 2.12 bits per heavy atom. The monoisotopic (exact) mass is 229 g/mol. The summed E-state index contributed by atoms with van der Waals surface area (Å²) in [5, 5.41) is 0. The molecule has 0 radical (unpaired) electrons. The first-order chi connectivity index (χ1) is 8.24. The lowest BCUT2D eigenvalue weighted by molar-refractivity contribution is 0.825. The van der Waals surface area contributed by atoms with Crippen LogP contribution in [0.15, 0.2) is 52.7 Å². The van der Waals surface area contributed by atoms with Crippen molar-refractivity contribution in [2.75, 3.05) is 0 Å². The van der Waals surface area contributed by atoms with E-state index in [0.717, 1.165) is 12.1 Å². The van der Waals surface area contributed by atoms with Crippen molar-refractivity contribution in [2.45, 2.75) is 46.5 Å². The van der Waals surface area contributed by atoms with E-state index in [1.165, 1.54) is 30.4 Å². The maximum atomic E-state index is 4.34. The standard InChI is InChI=1S/C16H23N/c1-4-12-17-15(3)13-14(2)16-10-8-6-5-7-9-11-16/h4-6,10,12-13H,7-9,11H2,1-3H3/b6-5?,12-4-,14-13+,16-10+,17-15-. The molecule has 0 N–H and O–H groups in total. The Bertz CT molecular complexity index is 378. The summed E-state index contributed by atoms with van der Waals surface area (Å²) in [5.74, 6) is 0. The second kappa shape index (κ2) is 7.83. The third-order valence-electron chi connectivity index (χ3n) is 2.84. The smallest absolute Gasteiger partial charge is 0.0375 e. The van der Waals surface area contributed by atoms with Gasteiger partial charge in [-0.05, 0) is 63.7 Å². The Kier molecular flexibility index (Phi) is 6.31. The number of allylic oxidation sites excluding steroid dienone is 7. The Hall–Kier alpha value is -1.37. The second-order valence-corrected chi connectivity index (χ2v) is 4.41. The normalized spacial score (nSPS) is 22.2. The molecule has 0 heterocycles. The molecule has 0 amide bonds. The van der Waals surface area contributed by atoms with Crippen LogP contribution in [0.2, 0.25) is 0 Å². The van der Waals surface area contributed by atoms with Crippen molar-refractivity contribution >= 4 is 5.71 Å². The molecule has 92 valence electrons. The summed E-state index contributed by atoms with van der Waals surface area (Å²) in [7, 11) is 0. The van der Waals surface area contributed by atoms with Gasteiger partial charge in [0.2, 0.25) is 0 Å². The lowest BCUT2D eigenvalue weighted by atomic mass is 9.97. The molecule has 0 aliphatic heterocycles. The number of hydrogen-bond acceptors (Lipinski definition) is 1. The van der Waals surface area contributed by atoms with Crippen molar-refractivity contribution in [1.29, 1.82) is 0 Å². The molecule has 0 spiro atoms. The maximum Gasteiger partial charge on any atom is 0.0375 e. The summed E-state index contributed by atoms with van der Waals surface area (Å²) >= 11 is 0. The SMILES string of the molecule is C\C=C/N=C(C)\C=C(C)\C1=C\CC=CCCC1. The molecular weight excluding hydrogens is 206 g/mol. The van der Waals surface area contributed by atoms with Gasteiger partial charge in [0.25, 0.3) is 0 Å². The molecule has 0 aromatic carbocycles. The highest BCUT2D eigenvalue weighted by molar-refractivity contribution is 5.94. The lowest BCUT2D eigenvalue weighted by Gasteiger charge is -2.09. The van der Waals surface area contributed by atoms with Crippen molar-refractivity contribution in [2.24, 2.45) is 4.99 Å². The largest absolute Gasteiger partial charge is 0.262 e. The van der Waals surface area contributed by atoms with Crippen molar-refractivity contribution in [3.63, 3.8) is 0 Å². The molecule has 0 bridgehead atoms. The van der Waals surface area contributed by atoms with Gasteiger partial charge >= 0.3 is 0 Å². The molecule has 0 aromatic rings. The van der Waals surface area contributed by atoms with Crippen LogP contribution in [0.3, 0.4) is 0 Å². The van der Waals surface area contributed by atoms with E-state index in [4.69, 9.17) is 0 Å². The summed E-state index contributed by atoms with van der Waals surface area (Å²) in [4.78, 5) is 4.34.